The minimum atomic E-state index is -0.0182. The monoisotopic (exact) mass is 424 g/mol. The standard InChI is InChI=1S/C23H28N4O2S/c1-17-10-11-20(14-18(17)2)27-21(15-19-8-5-4-6-9-19)25-26-23(27)30-16-22(28)24-12-7-13-29-3/h4-6,8-11,14H,7,12-13,15-16H2,1-3H3,(H,24,28). The molecule has 0 aliphatic heterocycles. The third-order valence-electron chi connectivity index (χ3n) is 4.83. The van der Waals surface area contributed by atoms with Crippen LogP contribution in [0.5, 0.6) is 0 Å². The number of amides is 1. The second-order valence-electron chi connectivity index (χ2n) is 7.15. The van der Waals surface area contributed by atoms with Crippen LogP contribution in [0.2, 0.25) is 0 Å². The summed E-state index contributed by atoms with van der Waals surface area (Å²) in [6, 6.07) is 16.5. The summed E-state index contributed by atoms with van der Waals surface area (Å²) in [6.45, 7) is 5.44. The van der Waals surface area contributed by atoms with Gasteiger partial charge in [0.15, 0.2) is 5.16 Å². The molecule has 1 N–H and O–H groups in total. The number of hydrogen-bond acceptors (Lipinski definition) is 5. The van der Waals surface area contributed by atoms with Crippen molar-refractivity contribution in [1.82, 2.24) is 20.1 Å². The molecule has 6 nitrogen and oxygen atoms in total. The molecule has 0 aliphatic rings. The zero-order valence-electron chi connectivity index (χ0n) is 17.7. The fraction of sp³-hybridized carbons (Fsp3) is 0.348. The lowest BCUT2D eigenvalue weighted by atomic mass is 10.1. The number of aryl methyl sites for hydroxylation is 2. The lowest BCUT2D eigenvalue weighted by molar-refractivity contribution is -0.118. The van der Waals surface area contributed by atoms with Gasteiger partial charge in [-0.2, -0.15) is 0 Å². The van der Waals surface area contributed by atoms with E-state index in [2.05, 4.69) is 64.3 Å². The van der Waals surface area contributed by atoms with Gasteiger partial charge in [0.2, 0.25) is 5.91 Å². The Balaban J connectivity index is 1.80. The van der Waals surface area contributed by atoms with E-state index >= 15 is 0 Å². The molecule has 0 spiro atoms. The highest BCUT2D eigenvalue weighted by Gasteiger charge is 2.16. The Hall–Kier alpha value is -2.64. The highest BCUT2D eigenvalue weighted by atomic mass is 32.2. The van der Waals surface area contributed by atoms with Crippen molar-refractivity contribution in [3.8, 4) is 5.69 Å². The van der Waals surface area contributed by atoms with Crippen LogP contribution >= 0.6 is 11.8 Å². The van der Waals surface area contributed by atoms with Crippen molar-refractivity contribution in [2.24, 2.45) is 0 Å². The van der Waals surface area contributed by atoms with E-state index in [1.54, 1.807) is 7.11 Å². The minimum absolute atomic E-state index is 0.0182. The molecule has 0 unspecified atom stereocenters. The molecule has 0 fully saturated rings. The molecule has 7 heteroatoms. The Bertz CT molecular complexity index is 973. The van der Waals surface area contributed by atoms with E-state index in [9.17, 15) is 4.79 Å². The van der Waals surface area contributed by atoms with Gasteiger partial charge in [-0.1, -0.05) is 48.2 Å². The number of methoxy groups -OCH3 is 1. The maximum absolute atomic E-state index is 12.2. The first-order chi connectivity index (χ1) is 14.6. The Morgan fingerprint density at radius 2 is 1.90 bits per heavy atom. The molecule has 30 heavy (non-hydrogen) atoms. The van der Waals surface area contributed by atoms with E-state index in [1.807, 2.05) is 18.2 Å². The molecule has 0 saturated carbocycles. The molecule has 3 rings (SSSR count). The summed E-state index contributed by atoms with van der Waals surface area (Å²) in [7, 11) is 1.66. The van der Waals surface area contributed by atoms with Crippen LogP contribution in [0.15, 0.2) is 53.7 Å². The van der Waals surface area contributed by atoms with Gasteiger partial charge in [-0.05, 0) is 49.1 Å². The van der Waals surface area contributed by atoms with Crippen molar-refractivity contribution in [2.75, 3.05) is 26.0 Å². The van der Waals surface area contributed by atoms with E-state index in [1.165, 1.54) is 28.5 Å². The summed E-state index contributed by atoms with van der Waals surface area (Å²) < 4.78 is 7.07. The Kier molecular flexibility index (Phi) is 8.04. The molecule has 0 bridgehead atoms. The van der Waals surface area contributed by atoms with Crippen molar-refractivity contribution in [3.63, 3.8) is 0 Å². The molecule has 0 saturated heterocycles. The molecular formula is C23H28N4O2S. The highest BCUT2D eigenvalue weighted by Crippen LogP contribution is 2.25. The van der Waals surface area contributed by atoms with Crippen molar-refractivity contribution >= 4 is 17.7 Å². The average molecular weight is 425 g/mol. The number of ether oxygens (including phenoxy) is 1. The van der Waals surface area contributed by atoms with Crippen LogP contribution in [0.3, 0.4) is 0 Å². The minimum Gasteiger partial charge on any atom is -0.385 e. The van der Waals surface area contributed by atoms with Gasteiger partial charge in [-0.3, -0.25) is 9.36 Å². The van der Waals surface area contributed by atoms with E-state index in [4.69, 9.17) is 4.74 Å². The number of carbonyl (C=O) groups is 1. The van der Waals surface area contributed by atoms with Gasteiger partial charge in [0, 0.05) is 32.4 Å². The zero-order chi connectivity index (χ0) is 21.3. The maximum Gasteiger partial charge on any atom is 0.230 e. The number of aromatic nitrogens is 3. The summed E-state index contributed by atoms with van der Waals surface area (Å²) >= 11 is 1.40. The van der Waals surface area contributed by atoms with Crippen LogP contribution in [-0.2, 0) is 16.0 Å². The van der Waals surface area contributed by atoms with Gasteiger partial charge < -0.3 is 10.1 Å². The highest BCUT2D eigenvalue weighted by molar-refractivity contribution is 7.99. The first kappa shape index (κ1) is 22.1. The lowest BCUT2D eigenvalue weighted by Crippen LogP contribution is -2.27. The zero-order valence-corrected chi connectivity index (χ0v) is 18.5. The predicted octanol–water partition coefficient (Wildman–Crippen LogP) is 3.72. The van der Waals surface area contributed by atoms with E-state index in [-0.39, 0.29) is 5.91 Å². The van der Waals surface area contributed by atoms with Crippen molar-refractivity contribution in [2.45, 2.75) is 31.8 Å². The first-order valence-electron chi connectivity index (χ1n) is 10.0. The number of hydrogen-bond donors (Lipinski definition) is 1. The Labute approximate surface area is 182 Å². The molecule has 158 valence electrons. The number of thioether (sulfide) groups is 1. The summed E-state index contributed by atoms with van der Waals surface area (Å²) in [5, 5.41) is 12.5. The number of nitrogens with zero attached hydrogens (tertiary/aromatic N) is 3. The van der Waals surface area contributed by atoms with Gasteiger partial charge in [0.05, 0.1) is 5.75 Å². The van der Waals surface area contributed by atoms with Crippen LogP contribution < -0.4 is 5.32 Å². The van der Waals surface area contributed by atoms with Gasteiger partial charge in [0.1, 0.15) is 5.82 Å². The van der Waals surface area contributed by atoms with Crippen molar-refractivity contribution in [3.05, 3.63) is 71.0 Å². The third-order valence-corrected chi connectivity index (χ3v) is 5.76. The molecule has 0 atom stereocenters. The largest absolute Gasteiger partial charge is 0.385 e. The van der Waals surface area contributed by atoms with Crippen molar-refractivity contribution < 1.29 is 9.53 Å². The normalized spacial score (nSPS) is 10.9. The van der Waals surface area contributed by atoms with Gasteiger partial charge >= 0.3 is 0 Å². The van der Waals surface area contributed by atoms with Gasteiger partial charge in [-0.15, -0.1) is 10.2 Å². The third kappa shape index (κ3) is 5.93. The molecule has 2 aromatic carbocycles. The molecule has 1 heterocycles. The molecule has 3 aromatic rings. The second-order valence-corrected chi connectivity index (χ2v) is 8.09. The summed E-state index contributed by atoms with van der Waals surface area (Å²) in [6.07, 6.45) is 1.47. The Morgan fingerprint density at radius 1 is 1.10 bits per heavy atom. The first-order valence-corrected chi connectivity index (χ1v) is 11.0. The fourth-order valence-electron chi connectivity index (χ4n) is 3.04. The smallest absolute Gasteiger partial charge is 0.230 e. The number of carbonyl (C=O) groups excluding carboxylic acids is 1. The topological polar surface area (TPSA) is 69.0 Å². The van der Waals surface area contributed by atoms with Crippen molar-refractivity contribution in [1.29, 1.82) is 0 Å². The SMILES string of the molecule is COCCCNC(=O)CSc1nnc(Cc2ccccc2)n1-c1ccc(C)c(C)c1. The van der Waals surface area contributed by atoms with Gasteiger partial charge in [0.25, 0.3) is 0 Å². The molecular weight excluding hydrogens is 396 g/mol. The average Bonchev–Trinajstić information content (AvgIpc) is 3.15. The predicted molar refractivity (Wildman–Crippen MR) is 120 cm³/mol. The van der Waals surface area contributed by atoms with Gasteiger partial charge in [-0.25, -0.2) is 0 Å². The van der Waals surface area contributed by atoms with Crippen LogP contribution in [0.1, 0.15) is 28.9 Å². The molecule has 0 aliphatic carbocycles. The quantitative estimate of drug-likeness (QED) is 0.397. The van der Waals surface area contributed by atoms with E-state index in [0.717, 1.165) is 23.1 Å². The summed E-state index contributed by atoms with van der Waals surface area (Å²) in [4.78, 5) is 12.2. The number of nitrogens with one attached hydrogen (secondary N) is 1. The summed E-state index contributed by atoms with van der Waals surface area (Å²) in [5.41, 5.74) is 4.62. The number of rotatable bonds is 10. The maximum atomic E-state index is 12.2. The molecule has 1 amide bonds. The molecule has 1 aromatic heterocycles. The van der Waals surface area contributed by atoms with E-state index < -0.39 is 0 Å². The fourth-order valence-corrected chi connectivity index (χ4v) is 3.84. The van der Waals surface area contributed by atoms with Crippen LogP contribution in [-0.4, -0.2) is 46.7 Å². The molecule has 0 radical (unpaired) electrons. The van der Waals surface area contributed by atoms with E-state index in [0.29, 0.717) is 25.3 Å². The Morgan fingerprint density at radius 3 is 2.63 bits per heavy atom. The number of benzene rings is 2. The van der Waals surface area contributed by atoms with Crippen LogP contribution in [0.4, 0.5) is 0 Å². The second kappa shape index (κ2) is 10.9. The van der Waals surface area contributed by atoms with Crippen LogP contribution in [0, 0.1) is 13.8 Å². The van der Waals surface area contributed by atoms with Crippen LogP contribution in [0.25, 0.3) is 5.69 Å². The lowest BCUT2D eigenvalue weighted by Gasteiger charge is -2.12. The summed E-state index contributed by atoms with van der Waals surface area (Å²) in [5.74, 6) is 1.13.